The average molecular weight is 241 g/mol. The minimum absolute atomic E-state index is 0.193. The molecule has 3 N–H and O–H groups in total. The molecule has 0 aliphatic carbocycles. The Morgan fingerprint density at radius 1 is 1.28 bits per heavy atom. The van der Waals surface area contributed by atoms with Gasteiger partial charge in [-0.2, -0.15) is 0 Å². The van der Waals surface area contributed by atoms with Gasteiger partial charge in [0.1, 0.15) is 0 Å². The molecule has 2 rings (SSSR count). The predicted octanol–water partition coefficient (Wildman–Crippen LogP) is 2.53. The smallest absolute Gasteiger partial charge is 0.257 e. The topological polar surface area (TPSA) is 68.0 Å². The number of aromatic nitrogens is 1. The molecule has 0 radical (unpaired) electrons. The third-order valence-electron chi connectivity index (χ3n) is 2.71. The molecule has 4 heteroatoms. The lowest BCUT2D eigenvalue weighted by molar-refractivity contribution is 0.102. The highest BCUT2D eigenvalue weighted by atomic mass is 16.1. The number of nitrogens with two attached hydrogens (primary N) is 1. The summed E-state index contributed by atoms with van der Waals surface area (Å²) >= 11 is 0. The van der Waals surface area contributed by atoms with Gasteiger partial charge in [-0.15, -0.1) is 0 Å². The standard InChI is InChI=1S/C14H15N3O/c1-9-5-6-10(2)11(8-9)14(18)17-13-12(15)4-3-7-16-13/h3-8H,15H2,1-2H3,(H,16,17,18). The molecule has 1 heterocycles. The largest absolute Gasteiger partial charge is 0.396 e. The first kappa shape index (κ1) is 12.1. The van der Waals surface area contributed by atoms with Gasteiger partial charge in [0.25, 0.3) is 5.91 Å². The SMILES string of the molecule is Cc1ccc(C)c(C(=O)Nc2ncccc2N)c1. The lowest BCUT2D eigenvalue weighted by Gasteiger charge is -2.09. The number of hydrogen-bond acceptors (Lipinski definition) is 3. The maximum Gasteiger partial charge on any atom is 0.257 e. The predicted molar refractivity (Wildman–Crippen MR) is 72.5 cm³/mol. The van der Waals surface area contributed by atoms with Crippen LogP contribution in [-0.4, -0.2) is 10.9 Å². The van der Waals surface area contributed by atoms with Crippen molar-refractivity contribution >= 4 is 17.4 Å². The van der Waals surface area contributed by atoms with E-state index in [9.17, 15) is 4.79 Å². The van der Waals surface area contributed by atoms with Crippen molar-refractivity contribution in [2.75, 3.05) is 11.1 Å². The van der Waals surface area contributed by atoms with Crippen molar-refractivity contribution in [3.05, 3.63) is 53.2 Å². The Morgan fingerprint density at radius 2 is 2.06 bits per heavy atom. The number of benzene rings is 1. The molecule has 2 aromatic rings. The number of anilines is 2. The third kappa shape index (κ3) is 2.48. The second-order valence-corrected chi connectivity index (χ2v) is 4.21. The summed E-state index contributed by atoms with van der Waals surface area (Å²) in [6.07, 6.45) is 1.59. The van der Waals surface area contributed by atoms with Crippen LogP contribution in [0.25, 0.3) is 0 Å². The molecular weight excluding hydrogens is 226 g/mol. The van der Waals surface area contributed by atoms with Crippen LogP contribution in [0.1, 0.15) is 21.5 Å². The van der Waals surface area contributed by atoms with Crippen LogP contribution in [-0.2, 0) is 0 Å². The number of carbonyl (C=O) groups is 1. The number of rotatable bonds is 2. The van der Waals surface area contributed by atoms with Crippen LogP contribution < -0.4 is 11.1 Å². The van der Waals surface area contributed by atoms with Gasteiger partial charge in [-0.3, -0.25) is 4.79 Å². The van der Waals surface area contributed by atoms with Crippen LogP contribution in [0, 0.1) is 13.8 Å². The summed E-state index contributed by atoms with van der Waals surface area (Å²) in [5.74, 6) is 0.199. The Hall–Kier alpha value is -2.36. The van der Waals surface area contributed by atoms with E-state index >= 15 is 0 Å². The Balaban J connectivity index is 2.28. The first-order chi connectivity index (χ1) is 8.58. The number of nitrogens with zero attached hydrogens (tertiary/aromatic N) is 1. The highest BCUT2D eigenvalue weighted by molar-refractivity contribution is 6.06. The summed E-state index contributed by atoms with van der Waals surface area (Å²) in [5, 5.41) is 2.72. The second-order valence-electron chi connectivity index (χ2n) is 4.21. The summed E-state index contributed by atoms with van der Waals surface area (Å²) in [6.45, 7) is 3.85. The van der Waals surface area contributed by atoms with Crippen LogP contribution in [0.15, 0.2) is 36.5 Å². The molecule has 0 saturated heterocycles. The van der Waals surface area contributed by atoms with Gasteiger partial charge in [-0.1, -0.05) is 17.7 Å². The average Bonchev–Trinajstić information content (AvgIpc) is 2.35. The van der Waals surface area contributed by atoms with Crippen LogP contribution >= 0.6 is 0 Å². The van der Waals surface area contributed by atoms with E-state index in [1.165, 1.54) is 0 Å². The molecule has 92 valence electrons. The summed E-state index contributed by atoms with van der Waals surface area (Å²) in [6, 6.07) is 9.17. The Bertz CT molecular complexity index is 593. The van der Waals surface area contributed by atoms with Gasteiger partial charge < -0.3 is 11.1 Å². The van der Waals surface area contributed by atoms with E-state index in [1.807, 2.05) is 32.0 Å². The van der Waals surface area contributed by atoms with E-state index in [1.54, 1.807) is 18.3 Å². The van der Waals surface area contributed by atoms with Crippen molar-refractivity contribution in [1.82, 2.24) is 4.98 Å². The molecule has 4 nitrogen and oxygen atoms in total. The monoisotopic (exact) mass is 241 g/mol. The van der Waals surface area contributed by atoms with Crippen LogP contribution in [0.4, 0.5) is 11.5 Å². The number of nitrogens with one attached hydrogen (secondary N) is 1. The molecule has 0 atom stereocenters. The van der Waals surface area contributed by atoms with Gasteiger partial charge in [0, 0.05) is 11.8 Å². The molecule has 0 bridgehead atoms. The van der Waals surface area contributed by atoms with Gasteiger partial charge >= 0.3 is 0 Å². The van der Waals surface area contributed by atoms with E-state index in [-0.39, 0.29) is 5.91 Å². The van der Waals surface area contributed by atoms with Crippen molar-refractivity contribution in [3.63, 3.8) is 0 Å². The van der Waals surface area contributed by atoms with E-state index in [0.717, 1.165) is 11.1 Å². The van der Waals surface area contributed by atoms with Crippen molar-refractivity contribution in [1.29, 1.82) is 0 Å². The normalized spacial score (nSPS) is 10.1. The van der Waals surface area contributed by atoms with Gasteiger partial charge in [0.15, 0.2) is 5.82 Å². The summed E-state index contributed by atoms with van der Waals surface area (Å²) < 4.78 is 0. The number of carbonyl (C=O) groups excluding carboxylic acids is 1. The van der Waals surface area contributed by atoms with E-state index in [2.05, 4.69) is 10.3 Å². The van der Waals surface area contributed by atoms with Gasteiger partial charge in [-0.05, 0) is 37.6 Å². The highest BCUT2D eigenvalue weighted by Gasteiger charge is 2.11. The van der Waals surface area contributed by atoms with E-state index < -0.39 is 0 Å². The zero-order valence-electron chi connectivity index (χ0n) is 10.4. The summed E-state index contributed by atoms with van der Waals surface area (Å²) in [4.78, 5) is 16.2. The first-order valence-electron chi connectivity index (χ1n) is 5.67. The second kappa shape index (κ2) is 4.87. The lowest BCUT2D eigenvalue weighted by atomic mass is 10.1. The fraction of sp³-hybridized carbons (Fsp3) is 0.143. The molecular formula is C14H15N3O. The minimum atomic E-state index is -0.193. The quantitative estimate of drug-likeness (QED) is 0.849. The first-order valence-corrected chi connectivity index (χ1v) is 5.67. The van der Waals surface area contributed by atoms with Crippen LogP contribution in [0.2, 0.25) is 0 Å². The molecule has 1 amide bonds. The molecule has 0 saturated carbocycles. The minimum Gasteiger partial charge on any atom is -0.396 e. The molecule has 0 aliphatic rings. The van der Waals surface area contributed by atoms with Crippen LogP contribution in [0.5, 0.6) is 0 Å². The van der Waals surface area contributed by atoms with Crippen molar-refractivity contribution in [2.24, 2.45) is 0 Å². The van der Waals surface area contributed by atoms with E-state index in [0.29, 0.717) is 17.1 Å². The molecule has 1 aromatic carbocycles. The van der Waals surface area contributed by atoms with Crippen LogP contribution in [0.3, 0.4) is 0 Å². The number of amides is 1. The zero-order chi connectivity index (χ0) is 13.1. The van der Waals surface area contributed by atoms with Crippen molar-refractivity contribution in [2.45, 2.75) is 13.8 Å². The lowest BCUT2D eigenvalue weighted by Crippen LogP contribution is -2.15. The number of pyridine rings is 1. The number of aryl methyl sites for hydroxylation is 2. The van der Waals surface area contributed by atoms with Gasteiger partial charge in [0.2, 0.25) is 0 Å². The maximum absolute atomic E-state index is 12.1. The maximum atomic E-state index is 12.1. The molecule has 18 heavy (non-hydrogen) atoms. The summed E-state index contributed by atoms with van der Waals surface area (Å²) in [7, 11) is 0. The number of nitrogen functional groups attached to an aromatic ring is 1. The van der Waals surface area contributed by atoms with Gasteiger partial charge in [-0.25, -0.2) is 4.98 Å². The molecule has 1 aromatic heterocycles. The Labute approximate surface area is 106 Å². The fourth-order valence-corrected chi connectivity index (χ4v) is 1.68. The zero-order valence-corrected chi connectivity index (χ0v) is 10.4. The molecule has 0 unspecified atom stereocenters. The van der Waals surface area contributed by atoms with Crippen molar-refractivity contribution < 1.29 is 4.79 Å². The van der Waals surface area contributed by atoms with Gasteiger partial charge in [0.05, 0.1) is 5.69 Å². The molecule has 0 aliphatic heterocycles. The Morgan fingerprint density at radius 3 is 2.78 bits per heavy atom. The van der Waals surface area contributed by atoms with Crippen molar-refractivity contribution in [3.8, 4) is 0 Å². The fourth-order valence-electron chi connectivity index (χ4n) is 1.68. The Kier molecular flexibility index (Phi) is 3.28. The number of hydrogen-bond donors (Lipinski definition) is 2. The molecule has 0 spiro atoms. The summed E-state index contributed by atoms with van der Waals surface area (Å²) in [5.41, 5.74) is 8.80. The third-order valence-corrected chi connectivity index (χ3v) is 2.71. The van der Waals surface area contributed by atoms with E-state index in [4.69, 9.17) is 5.73 Å². The highest BCUT2D eigenvalue weighted by Crippen LogP contribution is 2.16. The molecule has 0 fully saturated rings.